The van der Waals surface area contributed by atoms with Gasteiger partial charge in [0.2, 0.25) is 0 Å². The van der Waals surface area contributed by atoms with Gasteiger partial charge in [-0.05, 0) is 31.5 Å². The van der Waals surface area contributed by atoms with E-state index >= 15 is 0 Å². The largest absolute Gasteiger partial charge is 0.388 e. The first-order valence-electron chi connectivity index (χ1n) is 6.65. The molecule has 0 saturated carbocycles. The molecule has 21 heavy (non-hydrogen) atoms. The number of sulfone groups is 1. The number of nitrogens with zero attached hydrogens (tertiary/aromatic N) is 3. The highest BCUT2D eigenvalue weighted by Gasteiger charge is 2.16. The fraction of sp³-hybridized carbons (Fsp3) is 0.429. The van der Waals surface area contributed by atoms with Crippen molar-refractivity contribution in [3.8, 4) is 0 Å². The highest BCUT2D eigenvalue weighted by molar-refractivity contribution is 7.90. The average molecular weight is 309 g/mol. The molecule has 0 aliphatic heterocycles. The molecule has 6 nitrogen and oxygen atoms in total. The number of benzene rings is 1. The summed E-state index contributed by atoms with van der Waals surface area (Å²) >= 11 is 0. The molecule has 1 aromatic heterocycles. The van der Waals surface area contributed by atoms with E-state index in [1.54, 1.807) is 16.8 Å². The van der Waals surface area contributed by atoms with Crippen molar-refractivity contribution in [1.29, 1.82) is 0 Å². The van der Waals surface area contributed by atoms with E-state index in [0.717, 1.165) is 6.26 Å². The van der Waals surface area contributed by atoms with Gasteiger partial charge in [-0.1, -0.05) is 12.1 Å². The molecule has 0 fully saturated rings. The molecule has 0 radical (unpaired) electrons. The van der Waals surface area contributed by atoms with Crippen molar-refractivity contribution in [1.82, 2.24) is 14.8 Å². The quantitative estimate of drug-likeness (QED) is 0.905. The van der Waals surface area contributed by atoms with Crippen LogP contribution in [0.3, 0.4) is 0 Å². The van der Waals surface area contributed by atoms with Crippen LogP contribution in [0.15, 0.2) is 35.5 Å². The Kier molecular flexibility index (Phi) is 4.43. The molecule has 0 spiro atoms. The van der Waals surface area contributed by atoms with Crippen LogP contribution >= 0.6 is 0 Å². The third-order valence-corrected chi connectivity index (χ3v) is 4.29. The second-order valence-corrected chi connectivity index (χ2v) is 7.29. The van der Waals surface area contributed by atoms with Gasteiger partial charge >= 0.3 is 0 Å². The molecule has 0 amide bonds. The van der Waals surface area contributed by atoms with Gasteiger partial charge in [0, 0.05) is 18.7 Å². The lowest BCUT2D eigenvalue weighted by Crippen LogP contribution is -2.12. The van der Waals surface area contributed by atoms with E-state index in [0.29, 0.717) is 11.4 Å². The van der Waals surface area contributed by atoms with Crippen LogP contribution in [0.1, 0.15) is 37.4 Å². The van der Waals surface area contributed by atoms with Crippen molar-refractivity contribution < 1.29 is 13.5 Å². The molecule has 2 aromatic rings. The molecule has 0 aliphatic rings. The smallest absolute Gasteiger partial charge is 0.175 e. The number of aliphatic hydroxyl groups is 1. The van der Waals surface area contributed by atoms with Gasteiger partial charge in [0.25, 0.3) is 0 Å². The normalized spacial score (nSPS) is 13.6. The maximum absolute atomic E-state index is 11.6. The second kappa shape index (κ2) is 5.95. The Morgan fingerprint density at radius 3 is 2.67 bits per heavy atom. The second-order valence-electron chi connectivity index (χ2n) is 5.28. The fourth-order valence-corrected chi connectivity index (χ4v) is 2.77. The van der Waals surface area contributed by atoms with Crippen LogP contribution in [0.25, 0.3) is 0 Å². The van der Waals surface area contributed by atoms with Crippen molar-refractivity contribution in [3.63, 3.8) is 0 Å². The first-order valence-corrected chi connectivity index (χ1v) is 8.54. The molecule has 1 heterocycles. The number of hydrogen-bond acceptors (Lipinski definition) is 5. The molecule has 1 unspecified atom stereocenters. The van der Waals surface area contributed by atoms with Gasteiger partial charge in [-0.15, -0.1) is 0 Å². The van der Waals surface area contributed by atoms with Crippen LogP contribution in [0, 0.1) is 0 Å². The summed E-state index contributed by atoms with van der Waals surface area (Å²) in [6, 6.07) is 6.49. The van der Waals surface area contributed by atoms with Gasteiger partial charge in [0.1, 0.15) is 12.2 Å². The Labute approximate surface area is 124 Å². The monoisotopic (exact) mass is 309 g/mol. The molecule has 7 heteroatoms. The van der Waals surface area contributed by atoms with Crippen molar-refractivity contribution in [2.24, 2.45) is 0 Å². The summed E-state index contributed by atoms with van der Waals surface area (Å²) in [4.78, 5) is 4.35. The Balaban J connectivity index is 2.25. The maximum Gasteiger partial charge on any atom is 0.175 e. The first kappa shape index (κ1) is 15.7. The Hall–Kier alpha value is -1.73. The zero-order valence-electron chi connectivity index (χ0n) is 12.3. The minimum Gasteiger partial charge on any atom is -0.388 e. The van der Waals surface area contributed by atoms with Crippen molar-refractivity contribution in [2.45, 2.75) is 37.3 Å². The summed E-state index contributed by atoms with van der Waals surface area (Å²) < 4.78 is 24.9. The minimum absolute atomic E-state index is 0.150. The zero-order valence-corrected chi connectivity index (χ0v) is 13.1. The number of rotatable bonds is 5. The highest BCUT2D eigenvalue weighted by Crippen LogP contribution is 2.21. The number of aliphatic hydroxyl groups excluding tert-OH is 1. The van der Waals surface area contributed by atoms with E-state index in [-0.39, 0.29) is 17.4 Å². The summed E-state index contributed by atoms with van der Waals surface area (Å²) in [5.74, 6) is 0.669. The lowest BCUT2D eigenvalue weighted by molar-refractivity contribution is 0.173. The Morgan fingerprint density at radius 2 is 2.05 bits per heavy atom. The van der Waals surface area contributed by atoms with E-state index < -0.39 is 15.9 Å². The van der Waals surface area contributed by atoms with Crippen molar-refractivity contribution >= 4 is 9.84 Å². The van der Waals surface area contributed by atoms with Crippen LogP contribution in [0.2, 0.25) is 0 Å². The summed E-state index contributed by atoms with van der Waals surface area (Å²) in [7, 11) is -3.29. The van der Waals surface area contributed by atoms with Crippen molar-refractivity contribution in [2.75, 3.05) is 6.26 Å². The average Bonchev–Trinajstić information content (AvgIpc) is 2.86. The molecular formula is C14H19N3O3S. The van der Waals surface area contributed by atoms with Crippen LogP contribution in [0.4, 0.5) is 0 Å². The molecular weight excluding hydrogens is 290 g/mol. The van der Waals surface area contributed by atoms with Gasteiger partial charge in [-0.3, -0.25) is 0 Å². The predicted molar refractivity (Wildman–Crippen MR) is 78.6 cm³/mol. The molecule has 0 saturated heterocycles. The minimum atomic E-state index is -3.29. The topological polar surface area (TPSA) is 85.1 Å². The van der Waals surface area contributed by atoms with E-state index in [1.165, 1.54) is 18.5 Å². The summed E-state index contributed by atoms with van der Waals surface area (Å²) in [5.41, 5.74) is 0.552. The van der Waals surface area contributed by atoms with Gasteiger partial charge < -0.3 is 5.11 Å². The third-order valence-electron chi connectivity index (χ3n) is 3.18. The van der Waals surface area contributed by atoms with Gasteiger partial charge in [-0.25, -0.2) is 18.1 Å². The van der Waals surface area contributed by atoms with Gasteiger partial charge in [-0.2, -0.15) is 5.10 Å². The summed E-state index contributed by atoms with van der Waals surface area (Å²) in [6.07, 6.45) is 2.06. The highest BCUT2D eigenvalue weighted by atomic mass is 32.2. The van der Waals surface area contributed by atoms with E-state index in [1.807, 2.05) is 13.8 Å². The fourth-order valence-electron chi connectivity index (χ4n) is 2.09. The van der Waals surface area contributed by atoms with E-state index in [2.05, 4.69) is 10.1 Å². The molecule has 1 N–H and O–H groups in total. The lowest BCUT2D eigenvalue weighted by Gasteiger charge is -2.14. The Bertz CT molecular complexity index is 723. The van der Waals surface area contributed by atoms with Gasteiger partial charge in [0.05, 0.1) is 11.0 Å². The molecule has 0 bridgehead atoms. The van der Waals surface area contributed by atoms with Crippen LogP contribution in [-0.2, 0) is 16.3 Å². The van der Waals surface area contributed by atoms with Gasteiger partial charge in [0.15, 0.2) is 9.84 Å². The predicted octanol–water partition coefficient (Wildman–Crippen LogP) is 1.54. The molecule has 114 valence electrons. The molecule has 0 aliphatic carbocycles. The van der Waals surface area contributed by atoms with Crippen molar-refractivity contribution in [3.05, 3.63) is 42.0 Å². The maximum atomic E-state index is 11.6. The summed E-state index contributed by atoms with van der Waals surface area (Å²) in [5, 5.41) is 14.4. The summed E-state index contributed by atoms with van der Waals surface area (Å²) in [6.45, 7) is 3.96. The van der Waals surface area contributed by atoms with Crippen LogP contribution in [0.5, 0.6) is 0 Å². The SMILES string of the molecule is CC(C)n1ncnc1CC(O)c1cccc(S(C)(=O)=O)c1. The molecule has 2 rings (SSSR count). The third kappa shape index (κ3) is 3.68. The number of hydrogen-bond donors (Lipinski definition) is 1. The zero-order chi connectivity index (χ0) is 15.6. The molecule has 1 atom stereocenters. The Morgan fingerprint density at radius 1 is 1.33 bits per heavy atom. The first-order chi connectivity index (χ1) is 9.79. The lowest BCUT2D eigenvalue weighted by atomic mass is 10.1. The van der Waals surface area contributed by atoms with Crippen LogP contribution in [-0.4, -0.2) is 34.5 Å². The standard InChI is InChI=1S/C14H19N3O3S/c1-10(2)17-14(15-9-16-17)8-13(18)11-5-4-6-12(7-11)21(3,19)20/h4-7,9-10,13,18H,8H2,1-3H3. The number of aromatic nitrogens is 3. The van der Waals surface area contributed by atoms with Crippen LogP contribution < -0.4 is 0 Å². The molecule has 1 aromatic carbocycles. The van der Waals surface area contributed by atoms with E-state index in [9.17, 15) is 13.5 Å². The van der Waals surface area contributed by atoms with E-state index in [4.69, 9.17) is 0 Å².